The van der Waals surface area contributed by atoms with Crippen molar-refractivity contribution in [3.05, 3.63) is 0 Å². The highest BCUT2D eigenvalue weighted by Gasteiger charge is 2.27. The first-order chi connectivity index (χ1) is 7.16. The van der Waals surface area contributed by atoms with E-state index < -0.39 is 0 Å². The monoisotopic (exact) mass is 211 g/mol. The maximum atomic E-state index is 12.0. The first-order valence-corrected chi connectivity index (χ1v) is 6.45. The Kier molecular flexibility index (Phi) is 5.30. The van der Waals surface area contributed by atoms with Crippen molar-refractivity contribution in [1.82, 2.24) is 4.90 Å². The molecule has 0 N–H and O–H groups in total. The van der Waals surface area contributed by atoms with Crippen molar-refractivity contribution in [2.24, 2.45) is 0 Å². The van der Waals surface area contributed by atoms with Gasteiger partial charge >= 0.3 is 0 Å². The van der Waals surface area contributed by atoms with E-state index in [9.17, 15) is 4.79 Å². The molecule has 0 saturated heterocycles. The van der Waals surface area contributed by atoms with E-state index in [4.69, 9.17) is 0 Å². The average molecular weight is 211 g/mol. The molecule has 0 heterocycles. The lowest BCUT2D eigenvalue weighted by atomic mass is 10.0. The van der Waals surface area contributed by atoms with Crippen molar-refractivity contribution >= 4 is 5.78 Å². The predicted molar refractivity (Wildman–Crippen MR) is 64.0 cm³/mol. The molecule has 1 fully saturated rings. The summed E-state index contributed by atoms with van der Waals surface area (Å²) in [5, 5.41) is 0. The molecule has 2 heteroatoms. The van der Waals surface area contributed by atoms with Gasteiger partial charge in [0.15, 0.2) is 0 Å². The van der Waals surface area contributed by atoms with Crippen LogP contribution in [0, 0.1) is 0 Å². The Morgan fingerprint density at radius 1 is 1.33 bits per heavy atom. The normalized spacial score (nSPS) is 23.5. The third-order valence-electron chi connectivity index (χ3n) is 3.32. The molecular formula is C13H25NO. The third kappa shape index (κ3) is 3.60. The zero-order chi connectivity index (χ0) is 11.3. The van der Waals surface area contributed by atoms with Gasteiger partial charge in [-0.1, -0.05) is 19.8 Å². The minimum atomic E-state index is 0.215. The van der Waals surface area contributed by atoms with Crippen LogP contribution in [-0.2, 0) is 4.79 Å². The van der Waals surface area contributed by atoms with E-state index in [2.05, 4.69) is 25.7 Å². The topological polar surface area (TPSA) is 20.3 Å². The molecule has 1 atom stereocenters. The molecule has 0 aromatic rings. The van der Waals surface area contributed by atoms with Gasteiger partial charge in [0.1, 0.15) is 5.78 Å². The molecule has 0 aromatic heterocycles. The van der Waals surface area contributed by atoms with Crippen molar-refractivity contribution in [3.63, 3.8) is 0 Å². The van der Waals surface area contributed by atoms with Gasteiger partial charge in [-0.15, -0.1) is 0 Å². The highest BCUT2D eigenvalue weighted by atomic mass is 16.1. The fraction of sp³-hybridized carbons (Fsp3) is 0.923. The minimum absolute atomic E-state index is 0.215. The predicted octanol–water partition coefficient (Wildman–Crippen LogP) is 3.01. The first-order valence-electron chi connectivity index (χ1n) is 6.45. The SMILES string of the molecule is CCCN(C(C)C)C1CCCCCC1=O. The van der Waals surface area contributed by atoms with Crippen LogP contribution in [0.3, 0.4) is 0 Å². The summed E-state index contributed by atoms with van der Waals surface area (Å²) in [5.41, 5.74) is 0. The summed E-state index contributed by atoms with van der Waals surface area (Å²) in [6, 6.07) is 0.712. The van der Waals surface area contributed by atoms with Crippen molar-refractivity contribution < 1.29 is 4.79 Å². The smallest absolute Gasteiger partial charge is 0.149 e. The minimum Gasteiger partial charge on any atom is -0.298 e. The standard InChI is InChI=1S/C13H25NO/c1-4-10-14(11(2)3)12-8-6-5-7-9-13(12)15/h11-12H,4-10H2,1-3H3. The highest BCUT2D eigenvalue weighted by Crippen LogP contribution is 2.21. The van der Waals surface area contributed by atoms with Gasteiger partial charge < -0.3 is 0 Å². The zero-order valence-corrected chi connectivity index (χ0v) is 10.5. The van der Waals surface area contributed by atoms with Crippen molar-refractivity contribution in [2.75, 3.05) is 6.54 Å². The first kappa shape index (κ1) is 12.7. The van der Waals surface area contributed by atoms with Crippen LogP contribution < -0.4 is 0 Å². The summed E-state index contributed by atoms with van der Waals surface area (Å²) in [7, 11) is 0. The van der Waals surface area contributed by atoms with Gasteiger partial charge in [0.2, 0.25) is 0 Å². The zero-order valence-electron chi connectivity index (χ0n) is 10.5. The van der Waals surface area contributed by atoms with E-state index in [0.717, 1.165) is 32.2 Å². The number of Topliss-reactive ketones (excluding diaryl/α,β-unsaturated/α-hetero) is 1. The summed E-state index contributed by atoms with van der Waals surface area (Å²) in [4.78, 5) is 14.4. The van der Waals surface area contributed by atoms with Crippen LogP contribution >= 0.6 is 0 Å². The summed E-state index contributed by atoms with van der Waals surface area (Å²) < 4.78 is 0. The fourth-order valence-electron chi connectivity index (χ4n) is 2.52. The molecule has 1 unspecified atom stereocenters. The molecule has 1 saturated carbocycles. The number of rotatable bonds is 4. The number of hydrogen-bond donors (Lipinski definition) is 0. The molecule has 1 aliphatic carbocycles. The Hall–Kier alpha value is -0.370. The lowest BCUT2D eigenvalue weighted by molar-refractivity contribution is -0.124. The van der Waals surface area contributed by atoms with Gasteiger partial charge in [-0.05, 0) is 39.7 Å². The van der Waals surface area contributed by atoms with Crippen molar-refractivity contribution in [3.8, 4) is 0 Å². The molecule has 0 aliphatic heterocycles. The van der Waals surface area contributed by atoms with E-state index in [0.29, 0.717) is 11.8 Å². The Morgan fingerprint density at radius 2 is 2.07 bits per heavy atom. The second kappa shape index (κ2) is 6.26. The lowest BCUT2D eigenvalue weighted by Crippen LogP contribution is -2.45. The van der Waals surface area contributed by atoms with E-state index in [-0.39, 0.29) is 6.04 Å². The van der Waals surface area contributed by atoms with Gasteiger partial charge in [0.05, 0.1) is 6.04 Å². The molecule has 0 spiro atoms. The lowest BCUT2D eigenvalue weighted by Gasteiger charge is -2.33. The second-order valence-electron chi connectivity index (χ2n) is 4.91. The molecule has 88 valence electrons. The number of carbonyl (C=O) groups is 1. The number of carbonyl (C=O) groups excluding carboxylic acids is 1. The molecular weight excluding hydrogens is 186 g/mol. The Labute approximate surface area is 94.0 Å². The van der Waals surface area contributed by atoms with Gasteiger partial charge in [-0.25, -0.2) is 0 Å². The maximum Gasteiger partial charge on any atom is 0.149 e. The molecule has 15 heavy (non-hydrogen) atoms. The van der Waals surface area contributed by atoms with E-state index in [1.807, 2.05) is 0 Å². The van der Waals surface area contributed by atoms with Crippen LogP contribution in [0.1, 0.15) is 59.3 Å². The molecule has 0 amide bonds. The van der Waals surface area contributed by atoms with Crippen LogP contribution in [0.4, 0.5) is 0 Å². The highest BCUT2D eigenvalue weighted by molar-refractivity contribution is 5.84. The number of nitrogens with zero attached hydrogens (tertiary/aromatic N) is 1. The average Bonchev–Trinajstić information content (AvgIpc) is 2.39. The van der Waals surface area contributed by atoms with Gasteiger partial charge in [0.25, 0.3) is 0 Å². The van der Waals surface area contributed by atoms with Crippen LogP contribution in [0.15, 0.2) is 0 Å². The fourth-order valence-corrected chi connectivity index (χ4v) is 2.52. The summed E-state index contributed by atoms with van der Waals surface area (Å²) in [6.45, 7) is 7.66. The van der Waals surface area contributed by atoms with Gasteiger partial charge in [-0.2, -0.15) is 0 Å². The van der Waals surface area contributed by atoms with E-state index in [1.165, 1.54) is 12.8 Å². The molecule has 0 aromatic carbocycles. The van der Waals surface area contributed by atoms with Crippen molar-refractivity contribution in [2.45, 2.75) is 71.4 Å². The summed E-state index contributed by atoms with van der Waals surface area (Å²) in [5.74, 6) is 0.481. The van der Waals surface area contributed by atoms with Crippen LogP contribution in [0.2, 0.25) is 0 Å². The summed E-state index contributed by atoms with van der Waals surface area (Å²) in [6.07, 6.45) is 6.59. The largest absolute Gasteiger partial charge is 0.298 e. The Balaban J connectivity index is 2.66. The Morgan fingerprint density at radius 3 is 2.67 bits per heavy atom. The number of ketones is 1. The summed E-state index contributed by atoms with van der Waals surface area (Å²) >= 11 is 0. The third-order valence-corrected chi connectivity index (χ3v) is 3.32. The molecule has 0 radical (unpaired) electrons. The van der Waals surface area contributed by atoms with E-state index in [1.54, 1.807) is 0 Å². The molecule has 2 nitrogen and oxygen atoms in total. The quantitative estimate of drug-likeness (QED) is 0.666. The van der Waals surface area contributed by atoms with Gasteiger partial charge in [-0.3, -0.25) is 9.69 Å². The van der Waals surface area contributed by atoms with Crippen LogP contribution in [0.25, 0.3) is 0 Å². The molecule has 0 bridgehead atoms. The van der Waals surface area contributed by atoms with E-state index >= 15 is 0 Å². The number of hydrogen-bond acceptors (Lipinski definition) is 2. The molecule has 1 aliphatic rings. The molecule has 1 rings (SSSR count). The van der Waals surface area contributed by atoms with Crippen LogP contribution in [0.5, 0.6) is 0 Å². The Bertz CT molecular complexity index is 201. The maximum absolute atomic E-state index is 12.0. The second-order valence-corrected chi connectivity index (χ2v) is 4.91. The van der Waals surface area contributed by atoms with Crippen molar-refractivity contribution in [1.29, 1.82) is 0 Å². The van der Waals surface area contributed by atoms with Crippen LogP contribution in [-0.4, -0.2) is 29.3 Å². The van der Waals surface area contributed by atoms with Gasteiger partial charge in [0, 0.05) is 12.5 Å².